The van der Waals surface area contributed by atoms with Crippen molar-refractivity contribution in [2.75, 3.05) is 14.2 Å². The summed E-state index contributed by atoms with van der Waals surface area (Å²) in [7, 11) is 3.25. The number of thioether (sulfide) groups is 1. The third-order valence-corrected chi connectivity index (χ3v) is 4.72. The summed E-state index contributed by atoms with van der Waals surface area (Å²) in [5.74, 6) is 2.96. The number of hydrogen-bond donors (Lipinski definition) is 0. The number of ether oxygens (including phenoxy) is 2. The van der Waals surface area contributed by atoms with Crippen LogP contribution in [0.2, 0.25) is 0 Å². The summed E-state index contributed by atoms with van der Waals surface area (Å²) in [5.41, 5.74) is 2.07. The zero-order valence-electron chi connectivity index (χ0n) is 14.9. The van der Waals surface area contributed by atoms with Crippen molar-refractivity contribution in [1.82, 2.24) is 14.9 Å². The SMILES string of the molecule is COc1ccc(/C=N\n2c(C)nnc2SCc2ccccc2)c(OC)c1. The number of aryl methyl sites for hydroxylation is 1. The predicted molar refractivity (Wildman–Crippen MR) is 103 cm³/mol. The van der Waals surface area contributed by atoms with Gasteiger partial charge in [-0.25, -0.2) is 0 Å². The summed E-state index contributed by atoms with van der Waals surface area (Å²) in [6.45, 7) is 1.88. The Morgan fingerprint density at radius 2 is 1.88 bits per heavy atom. The lowest BCUT2D eigenvalue weighted by Gasteiger charge is -2.07. The molecule has 0 unspecified atom stereocenters. The van der Waals surface area contributed by atoms with E-state index >= 15 is 0 Å². The van der Waals surface area contributed by atoms with Gasteiger partial charge in [0.25, 0.3) is 0 Å². The first kappa shape index (κ1) is 18.0. The number of aromatic nitrogens is 3. The molecule has 0 radical (unpaired) electrons. The fourth-order valence-electron chi connectivity index (χ4n) is 2.33. The highest BCUT2D eigenvalue weighted by molar-refractivity contribution is 7.98. The van der Waals surface area contributed by atoms with E-state index in [1.165, 1.54) is 5.56 Å². The van der Waals surface area contributed by atoms with Crippen molar-refractivity contribution in [1.29, 1.82) is 0 Å². The van der Waals surface area contributed by atoms with Crippen molar-refractivity contribution in [2.24, 2.45) is 5.10 Å². The van der Waals surface area contributed by atoms with E-state index in [2.05, 4.69) is 27.4 Å². The van der Waals surface area contributed by atoms with Gasteiger partial charge in [-0.1, -0.05) is 42.1 Å². The highest BCUT2D eigenvalue weighted by Gasteiger charge is 2.09. The van der Waals surface area contributed by atoms with Gasteiger partial charge in [-0.2, -0.15) is 9.78 Å². The van der Waals surface area contributed by atoms with Crippen LogP contribution in [0.3, 0.4) is 0 Å². The Labute approximate surface area is 156 Å². The van der Waals surface area contributed by atoms with E-state index in [1.54, 1.807) is 36.9 Å². The Bertz CT molecular complexity index is 894. The van der Waals surface area contributed by atoms with Gasteiger partial charge in [0.2, 0.25) is 5.16 Å². The molecular weight excluding hydrogens is 348 g/mol. The van der Waals surface area contributed by atoms with Crippen LogP contribution in [-0.2, 0) is 5.75 Å². The highest BCUT2D eigenvalue weighted by Crippen LogP contribution is 2.24. The molecule has 0 N–H and O–H groups in total. The Kier molecular flexibility index (Phi) is 5.91. The molecule has 0 saturated carbocycles. The first-order valence-electron chi connectivity index (χ1n) is 8.06. The lowest BCUT2D eigenvalue weighted by molar-refractivity contribution is 0.394. The van der Waals surface area contributed by atoms with E-state index in [4.69, 9.17) is 9.47 Å². The average Bonchev–Trinajstić information content (AvgIpc) is 3.05. The molecule has 1 aromatic heterocycles. The molecule has 6 nitrogen and oxygen atoms in total. The minimum Gasteiger partial charge on any atom is -0.497 e. The Morgan fingerprint density at radius 3 is 2.62 bits per heavy atom. The minimum absolute atomic E-state index is 0.692. The predicted octanol–water partition coefficient (Wildman–Crippen LogP) is 3.78. The summed E-state index contributed by atoms with van der Waals surface area (Å²) >= 11 is 1.60. The van der Waals surface area contributed by atoms with Crippen molar-refractivity contribution < 1.29 is 9.47 Å². The number of hydrogen-bond acceptors (Lipinski definition) is 6. The summed E-state index contributed by atoms with van der Waals surface area (Å²) < 4.78 is 12.4. The monoisotopic (exact) mass is 368 g/mol. The fourth-order valence-corrected chi connectivity index (χ4v) is 3.22. The second kappa shape index (κ2) is 8.53. The van der Waals surface area contributed by atoms with Gasteiger partial charge in [0, 0.05) is 17.4 Å². The van der Waals surface area contributed by atoms with E-state index in [9.17, 15) is 0 Å². The number of nitrogens with zero attached hydrogens (tertiary/aromatic N) is 4. The Balaban J connectivity index is 1.79. The van der Waals surface area contributed by atoms with Crippen LogP contribution in [0.25, 0.3) is 0 Å². The van der Waals surface area contributed by atoms with Gasteiger partial charge < -0.3 is 9.47 Å². The molecule has 2 aromatic carbocycles. The molecule has 1 heterocycles. The average molecular weight is 368 g/mol. The molecule has 0 bridgehead atoms. The number of methoxy groups -OCH3 is 2. The van der Waals surface area contributed by atoms with Gasteiger partial charge >= 0.3 is 0 Å². The lowest BCUT2D eigenvalue weighted by Crippen LogP contribution is -1.98. The molecule has 0 saturated heterocycles. The van der Waals surface area contributed by atoms with Crippen LogP contribution in [-0.4, -0.2) is 35.3 Å². The first-order valence-corrected chi connectivity index (χ1v) is 9.05. The van der Waals surface area contributed by atoms with Crippen molar-refractivity contribution in [2.45, 2.75) is 17.8 Å². The topological polar surface area (TPSA) is 61.5 Å². The molecule has 0 fully saturated rings. The molecule has 0 aliphatic heterocycles. The molecule has 134 valence electrons. The van der Waals surface area contributed by atoms with Crippen LogP contribution in [0.1, 0.15) is 17.0 Å². The van der Waals surface area contributed by atoms with Gasteiger partial charge in [0.1, 0.15) is 11.5 Å². The second-order valence-electron chi connectivity index (χ2n) is 5.47. The molecule has 3 aromatic rings. The van der Waals surface area contributed by atoms with E-state index < -0.39 is 0 Å². The molecule has 0 atom stereocenters. The molecular formula is C19H20N4O2S. The van der Waals surface area contributed by atoms with Crippen molar-refractivity contribution >= 4 is 18.0 Å². The maximum absolute atomic E-state index is 5.41. The zero-order chi connectivity index (χ0) is 18.4. The quantitative estimate of drug-likeness (QED) is 0.469. The van der Waals surface area contributed by atoms with Crippen LogP contribution in [0.15, 0.2) is 58.8 Å². The van der Waals surface area contributed by atoms with Crippen LogP contribution < -0.4 is 9.47 Å². The molecule has 0 amide bonds. The van der Waals surface area contributed by atoms with Crippen LogP contribution >= 0.6 is 11.8 Å². The minimum atomic E-state index is 0.692. The second-order valence-corrected chi connectivity index (χ2v) is 6.41. The van der Waals surface area contributed by atoms with Crippen molar-refractivity contribution in [3.8, 4) is 11.5 Å². The summed E-state index contributed by atoms with van der Waals surface area (Å²) in [5, 5.41) is 13.6. The Hall–Kier alpha value is -2.80. The summed E-state index contributed by atoms with van der Waals surface area (Å²) in [4.78, 5) is 0. The molecule has 0 aliphatic rings. The highest BCUT2D eigenvalue weighted by atomic mass is 32.2. The molecule has 26 heavy (non-hydrogen) atoms. The van der Waals surface area contributed by atoms with Gasteiger partial charge in [-0.05, 0) is 24.6 Å². The van der Waals surface area contributed by atoms with Gasteiger partial charge in [0.05, 0.1) is 20.4 Å². The summed E-state index contributed by atoms with van der Waals surface area (Å²) in [6.07, 6.45) is 1.74. The Morgan fingerprint density at radius 1 is 1.08 bits per heavy atom. The van der Waals surface area contributed by atoms with E-state index in [0.29, 0.717) is 5.75 Å². The van der Waals surface area contributed by atoms with Crippen LogP contribution in [0.4, 0.5) is 0 Å². The van der Waals surface area contributed by atoms with Gasteiger partial charge in [-0.15, -0.1) is 10.2 Å². The van der Waals surface area contributed by atoms with E-state index in [-0.39, 0.29) is 0 Å². The molecule has 7 heteroatoms. The number of rotatable bonds is 7. The fraction of sp³-hybridized carbons (Fsp3) is 0.211. The van der Waals surface area contributed by atoms with Crippen LogP contribution in [0.5, 0.6) is 11.5 Å². The van der Waals surface area contributed by atoms with E-state index in [0.717, 1.165) is 28.0 Å². The maximum Gasteiger partial charge on any atom is 0.212 e. The number of benzene rings is 2. The van der Waals surface area contributed by atoms with Gasteiger partial charge in [0.15, 0.2) is 5.82 Å². The van der Waals surface area contributed by atoms with Crippen molar-refractivity contribution in [3.63, 3.8) is 0 Å². The standard InChI is InChI=1S/C19H20N4O2S/c1-14-21-22-19(26-13-15-7-5-4-6-8-15)23(14)20-12-16-9-10-17(24-2)11-18(16)25-3/h4-12H,13H2,1-3H3/b20-12-. The zero-order valence-corrected chi connectivity index (χ0v) is 15.7. The first-order chi connectivity index (χ1) is 12.7. The smallest absolute Gasteiger partial charge is 0.212 e. The largest absolute Gasteiger partial charge is 0.497 e. The molecule has 0 spiro atoms. The third kappa shape index (κ3) is 4.23. The normalized spacial score (nSPS) is 11.0. The lowest BCUT2D eigenvalue weighted by atomic mass is 10.2. The van der Waals surface area contributed by atoms with Gasteiger partial charge in [-0.3, -0.25) is 0 Å². The molecule has 0 aliphatic carbocycles. The maximum atomic E-state index is 5.41. The molecule has 3 rings (SSSR count). The summed E-state index contributed by atoms with van der Waals surface area (Å²) in [6, 6.07) is 15.8. The van der Waals surface area contributed by atoms with E-state index in [1.807, 2.05) is 43.3 Å². The van der Waals surface area contributed by atoms with Crippen LogP contribution in [0, 0.1) is 6.92 Å². The van der Waals surface area contributed by atoms with Crippen molar-refractivity contribution in [3.05, 3.63) is 65.5 Å². The third-order valence-electron chi connectivity index (χ3n) is 3.73.